The molecule has 0 aliphatic carbocycles. The summed E-state index contributed by atoms with van der Waals surface area (Å²) in [7, 11) is 0. The third-order valence-corrected chi connectivity index (χ3v) is 10.8. The molecule has 0 saturated heterocycles. The van der Waals surface area contributed by atoms with Crippen molar-refractivity contribution in [2.75, 3.05) is 0 Å². The molecule has 0 amide bonds. The molecule has 0 fully saturated rings. The number of fused-ring (bicyclic) bond motifs is 6. The Morgan fingerprint density at radius 3 is 1.60 bits per heavy atom. The zero-order chi connectivity index (χ0) is 43.3. The molecule has 0 bridgehead atoms. The molecule has 11 aromatic rings. The molecule has 11 rings (SSSR count). The number of rotatable bonds is 5. The molecule has 1 nitrogen and oxygen atoms in total. The maximum Gasteiger partial charge on any atom is 0.142 e. The summed E-state index contributed by atoms with van der Waals surface area (Å²) in [6, 6.07) is 47.1. The number of furan rings is 1. The van der Waals surface area contributed by atoms with Crippen LogP contribution in [0.3, 0.4) is 0 Å². The lowest BCUT2D eigenvalue weighted by Crippen LogP contribution is -1.92. The normalized spacial score (nSPS) is 13.7. The van der Waals surface area contributed by atoms with Crippen molar-refractivity contribution in [2.45, 2.75) is 0 Å². The fourth-order valence-electron chi connectivity index (χ4n) is 8.32. The van der Waals surface area contributed by atoms with E-state index in [1.54, 1.807) is 12.3 Å². The highest BCUT2D eigenvalue weighted by Gasteiger charge is 2.20. The SMILES string of the molecule is [2H]c1c([2H])c([2H])c2c(-c3ccc(-c4ccccc4)c4occc34)c3c([2H])c([2H])c([2H])c([2H])c3c(-c3cccc(-c4cccc(-c5cc6ccccc6c6ccccc56)c4)c3)c2c1[2H]. The Balaban J connectivity index is 1.20. The van der Waals surface area contributed by atoms with Crippen molar-refractivity contribution < 1.29 is 15.4 Å². The molecule has 1 heteroatoms. The second-order valence-corrected chi connectivity index (χ2v) is 13.8. The van der Waals surface area contributed by atoms with E-state index in [2.05, 4.69) is 60.7 Å². The third kappa shape index (κ3) is 5.09. The number of hydrogen-bond donors (Lipinski definition) is 0. The Hall–Kier alpha value is -7.22. The predicted molar refractivity (Wildman–Crippen MR) is 233 cm³/mol. The lowest BCUT2D eigenvalue weighted by atomic mass is 9.84. The Bertz CT molecular complexity index is 3640. The Labute approximate surface area is 330 Å². The van der Waals surface area contributed by atoms with E-state index in [-0.39, 0.29) is 51.3 Å². The van der Waals surface area contributed by atoms with Gasteiger partial charge in [0.05, 0.1) is 17.2 Å². The largest absolute Gasteiger partial charge is 0.464 e. The molecule has 0 radical (unpaired) electrons. The van der Waals surface area contributed by atoms with E-state index in [1.807, 2.05) is 84.9 Å². The molecule has 0 spiro atoms. The van der Waals surface area contributed by atoms with Crippen LogP contribution in [0.5, 0.6) is 0 Å². The van der Waals surface area contributed by atoms with Crippen molar-refractivity contribution in [1.82, 2.24) is 0 Å². The van der Waals surface area contributed by atoms with Crippen LogP contribution in [0.25, 0.3) is 110 Å². The molecule has 55 heavy (non-hydrogen) atoms. The van der Waals surface area contributed by atoms with Crippen LogP contribution in [0, 0.1) is 0 Å². The van der Waals surface area contributed by atoms with E-state index in [4.69, 9.17) is 9.90 Å². The molecular formula is C54H34O. The molecule has 0 aliphatic heterocycles. The van der Waals surface area contributed by atoms with Gasteiger partial charge < -0.3 is 4.42 Å². The summed E-state index contributed by atoms with van der Waals surface area (Å²) < 4.78 is 79.9. The summed E-state index contributed by atoms with van der Waals surface area (Å²) in [6.07, 6.45) is 1.56. The Morgan fingerprint density at radius 2 is 0.873 bits per heavy atom. The van der Waals surface area contributed by atoms with Crippen molar-refractivity contribution >= 4 is 54.1 Å². The number of benzene rings is 10. The molecular weight excluding hydrogens is 665 g/mol. The second kappa shape index (κ2) is 12.7. The average molecular weight is 707 g/mol. The Morgan fingerprint density at radius 1 is 0.327 bits per heavy atom. The van der Waals surface area contributed by atoms with Crippen molar-refractivity contribution in [3.63, 3.8) is 0 Å². The van der Waals surface area contributed by atoms with Crippen LogP contribution in [-0.4, -0.2) is 0 Å². The van der Waals surface area contributed by atoms with Gasteiger partial charge in [-0.15, -0.1) is 0 Å². The molecule has 0 aliphatic rings. The van der Waals surface area contributed by atoms with E-state index in [0.29, 0.717) is 27.7 Å². The van der Waals surface area contributed by atoms with Gasteiger partial charge in [0.15, 0.2) is 0 Å². The highest BCUT2D eigenvalue weighted by atomic mass is 16.3. The molecule has 0 N–H and O–H groups in total. The van der Waals surface area contributed by atoms with Gasteiger partial charge in [-0.3, -0.25) is 0 Å². The first kappa shape index (κ1) is 24.2. The summed E-state index contributed by atoms with van der Waals surface area (Å²) in [5, 5.41) is 5.86. The summed E-state index contributed by atoms with van der Waals surface area (Å²) in [4.78, 5) is 0. The quantitative estimate of drug-likeness (QED) is 0.128. The fourth-order valence-corrected chi connectivity index (χ4v) is 8.32. The first-order chi connectivity index (χ1) is 30.6. The standard InChI is InChI=1S/C54H34O/c1-2-14-35(15-3-1)42-28-29-49(50-30-31-55-54(42)50)53-47-26-10-8-24-45(47)52(46-25-9-11-27-48(46)53)40-20-13-18-37(33-40)36-17-12-19-38(32-36)51-34-39-16-4-5-21-41(39)43-22-6-7-23-44(43)51/h1-34H/i8D,9D,10D,11D,24D,25D,26D,27D. The maximum absolute atomic E-state index is 9.51. The second-order valence-electron chi connectivity index (χ2n) is 13.8. The smallest absolute Gasteiger partial charge is 0.142 e. The van der Waals surface area contributed by atoms with Gasteiger partial charge in [-0.1, -0.05) is 170 Å². The molecule has 0 saturated carbocycles. The van der Waals surface area contributed by atoms with Crippen LogP contribution in [0.4, 0.5) is 0 Å². The first-order valence-corrected chi connectivity index (χ1v) is 18.3. The van der Waals surface area contributed by atoms with E-state index in [1.165, 1.54) is 5.39 Å². The van der Waals surface area contributed by atoms with Gasteiger partial charge in [0.2, 0.25) is 0 Å². The topological polar surface area (TPSA) is 13.1 Å². The van der Waals surface area contributed by atoms with Gasteiger partial charge >= 0.3 is 0 Å². The minimum absolute atomic E-state index is 0.152. The molecule has 1 aromatic heterocycles. The highest BCUT2D eigenvalue weighted by molar-refractivity contribution is 6.24. The van der Waals surface area contributed by atoms with Crippen LogP contribution in [0.15, 0.2) is 211 Å². The van der Waals surface area contributed by atoms with Crippen molar-refractivity contribution in [3.05, 3.63) is 206 Å². The first-order valence-electron chi connectivity index (χ1n) is 22.3. The van der Waals surface area contributed by atoms with Crippen LogP contribution in [0.2, 0.25) is 0 Å². The minimum atomic E-state index is -0.448. The summed E-state index contributed by atoms with van der Waals surface area (Å²) >= 11 is 0. The minimum Gasteiger partial charge on any atom is -0.464 e. The summed E-state index contributed by atoms with van der Waals surface area (Å²) in [5.41, 5.74) is 7.72. The van der Waals surface area contributed by atoms with Crippen LogP contribution in [0.1, 0.15) is 11.0 Å². The van der Waals surface area contributed by atoms with Gasteiger partial charge in [0, 0.05) is 10.9 Å². The van der Waals surface area contributed by atoms with E-state index in [0.717, 1.165) is 49.5 Å². The Kier molecular flexibility index (Phi) is 5.59. The third-order valence-electron chi connectivity index (χ3n) is 10.8. The van der Waals surface area contributed by atoms with Gasteiger partial charge in [-0.25, -0.2) is 0 Å². The van der Waals surface area contributed by atoms with Gasteiger partial charge in [0.1, 0.15) is 5.58 Å². The molecule has 0 unspecified atom stereocenters. The van der Waals surface area contributed by atoms with Crippen LogP contribution in [-0.2, 0) is 0 Å². The zero-order valence-corrected chi connectivity index (χ0v) is 29.4. The molecule has 10 aromatic carbocycles. The predicted octanol–water partition coefficient (Wildman–Crippen LogP) is 15.4. The summed E-state index contributed by atoms with van der Waals surface area (Å²) in [5.74, 6) is 0. The summed E-state index contributed by atoms with van der Waals surface area (Å²) in [6.45, 7) is 0. The van der Waals surface area contributed by atoms with Crippen molar-refractivity contribution in [3.8, 4) is 55.6 Å². The van der Waals surface area contributed by atoms with Gasteiger partial charge in [0.25, 0.3) is 0 Å². The van der Waals surface area contributed by atoms with Crippen LogP contribution >= 0.6 is 0 Å². The molecule has 0 atom stereocenters. The van der Waals surface area contributed by atoms with E-state index in [9.17, 15) is 5.48 Å². The lowest BCUT2D eigenvalue weighted by Gasteiger charge is -2.19. The maximum atomic E-state index is 9.51. The van der Waals surface area contributed by atoms with Gasteiger partial charge in [-0.2, -0.15) is 0 Å². The highest BCUT2D eigenvalue weighted by Crippen LogP contribution is 2.47. The lowest BCUT2D eigenvalue weighted by molar-refractivity contribution is 0.617. The monoisotopic (exact) mass is 706 g/mol. The van der Waals surface area contributed by atoms with Crippen molar-refractivity contribution in [2.24, 2.45) is 0 Å². The van der Waals surface area contributed by atoms with Crippen LogP contribution < -0.4 is 0 Å². The van der Waals surface area contributed by atoms with Crippen molar-refractivity contribution in [1.29, 1.82) is 0 Å². The van der Waals surface area contributed by atoms with Gasteiger partial charge in [-0.05, 0) is 123 Å². The van der Waals surface area contributed by atoms with E-state index < -0.39 is 24.2 Å². The molecule has 1 heterocycles. The average Bonchev–Trinajstić information content (AvgIpc) is 3.83. The fraction of sp³-hybridized carbons (Fsp3) is 0. The molecule has 256 valence electrons. The number of hydrogen-bond acceptors (Lipinski definition) is 1. The zero-order valence-electron chi connectivity index (χ0n) is 37.4. The van der Waals surface area contributed by atoms with E-state index >= 15 is 0 Å².